The molecule has 0 aliphatic rings. The van der Waals surface area contributed by atoms with E-state index in [0.29, 0.717) is 41.9 Å². The fourth-order valence-electron chi connectivity index (χ4n) is 3.63. The van der Waals surface area contributed by atoms with E-state index in [0.717, 1.165) is 5.56 Å². The van der Waals surface area contributed by atoms with Crippen LogP contribution in [0.5, 0.6) is 5.75 Å². The second-order valence-electron chi connectivity index (χ2n) is 7.45. The summed E-state index contributed by atoms with van der Waals surface area (Å²) in [6.45, 7) is 4.65. The number of amides is 1. The molecule has 170 valence electrons. The van der Waals surface area contributed by atoms with Gasteiger partial charge >= 0.3 is 0 Å². The second kappa shape index (κ2) is 9.60. The Hall–Kier alpha value is -4.42. The summed E-state index contributed by atoms with van der Waals surface area (Å²) in [5.74, 6) is -0.266. The Morgan fingerprint density at radius 2 is 2.06 bits per heavy atom. The minimum Gasteiger partial charge on any atom is -0.506 e. The molecule has 0 saturated heterocycles. The van der Waals surface area contributed by atoms with Crippen molar-refractivity contribution in [1.29, 1.82) is 5.26 Å². The fourth-order valence-corrected chi connectivity index (χ4v) is 3.78. The molecule has 34 heavy (non-hydrogen) atoms. The van der Waals surface area contributed by atoms with Gasteiger partial charge in [0.05, 0.1) is 17.5 Å². The summed E-state index contributed by atoms with van der Waals surface area (Å²) in [5, 5.41) is 24.6. The molecule has 2 aromatic heterocycles. The zero-order chi connectivity index (χ0) is 24.2. The van der Waals surface area contributed by atoms with Crippen molar-refractivity contribution in [3.8, 4) is 23.1 Å². The van der Waals surface area contributed by atoms with Gasteiger partial charge in [0.25, 0.3) is 0 Å². The molecule has 0 unspecified atom stereocenters. The molecule has 0 aliphatic carbocycles. The van der Waals surface area contributed by atoms with E-state index < -0.39 is 0 Å². The van der Waals surface area contributed by atoms with Gasteiger partial charge < -0.3 is 15.7 Å². The van der Waals surface area contributed by atoms with Crippen molar-refractivity contribution < 1.29 is 9.90 Å². The van der Waals surface area contributed by atoms with Gasteiger partial charge in [0.2, 0.25) is 5.91 Å². The maximum Gasteiger partial charge on any atom is 0.246 e. The number of halogens is 1. The summed E-state index contributed by atoms with van der Waals surface area (Å²) in [7, 11) is 0. The molecule has 0 aliphatic heterocycles. The third kappa shape index (κ3) is 4.40. The highest BCUT2D eigenvalue weighted by Crippen LogP contribution is 2.36. The number of aromatic hydroxyl groups is 1. The number of hydrogen-bond acceptors (Lipinski definition) is 7. The van der Waals surface area contributed by atoms with Crippen molar-refractivity contribution in [3.63, 3.8) is 0 Å². The fraction of sp³-hybridized carbons (Fsp3) is 0.125. The third-order valence-corrected chi connectivity index (χ3v) is 5.69. The zero-order valence-electron chi connectivity index (χ0n) is 18.0. The normalized spacial score (nSPS) is 10.7. The number of phenolic OH excluding ortho intramolecular Hbond substituents is 1. The lowest BCUT2D eigenvalue weighted by Crippen LogP contribution is -2.32. The highest BCUT2D eigenvalue weighted by atomic mass is 35.5. The number of nitriles is 1. The van der Waals surface area contributed by atoms with Crippen LogP contribution in [-0.2, 0) is 17.9 Å². The van der Waals surface area contributed by atoms with Crippen LogP contribution < -0.4 is 5.73 Å². The third-order valence-electron chi connectivity index (χ3n) is 5.29. The zero-order valence-corrected chi connectivity index (χ0v) is 18.8. The number of anilines is 1. The molecule has 1 amide bonds. The van der Waals surface area contributed by atoms with Gasteiger partial charge in [-0.15, -0.1) is 0 Å². The monoisotopic (exact) mass is 473 g/mol. The van der Waals surface area contributed by atoms with Gasteiger partial charge in [0, 0.05) is 18.7 Å². The van der Waals surface area contributed by atoms with E-state index >= 15 is 0 Å². The largest absolute Gasteiger partial charge is 0.506 e. The lowest BCUT2D eigenvalue weighted by Gasteiger charge is -2.21. The van der Waals surface area contributed by atoms with Crippen LogP contribution in [0.3, 0.4) is 0 Å². The number of aromatic nitrogens is 4. The Bertz CT molecular complexity index is 1430. The Morgan fingerprint density at radius 1 is 1.29 bits per heavy atom. The number of phenols is 1. The molecule has 0 fully saturated rings. The van der Waals surface area contributed by atoms with Gasteiger partial charge in [-0.05, 0) is 23.8 Å². The van der Waals surface area contributed by atoms with Crippen molar-refractivity contribution in [3.05, 3.63) is 77.6 Å². The highest BCUT2D eigenvalue weighted by molar-refractivity contribution is 6.33. The SMILES string of the molecule is C=CC(=O)N(CCn1nc(-c2cc(O)c(Cl)c(C#N)c2)c2c(N)ncnc21)Cc1ccccc1. The average molecular weight is 474 g/mol. The molecule has 4 rings (SSSR count). The van der Waals surface area contributed by atoms with Crippen LogP contribution in [0, 0.1) is 11.3 Å². The van der Waals surface area contributed by atoms with Gasteiger partial charge in [-0.3, -0.25) is 4.79 Å². The molecule has 0 radical (unpaired) electrons. The van der Waals surface area contributed by atoms with E-state index in [1.165, 1.54) is 24.5 Å². The minimum atomic E-state index is -0.251. The predicted molar refractivity (Wildman–Crippen MR) is 129 cm³/mol. The Balaban J connectivity index is 1.72. The van der Waals surface area contributed by atoms with Gasteiger partial charge in [0.15, 0.2) is 5.65 Å². The number of carbonyl (C=O) groups excluding carboxylic acids is 1. The number of nitrogens with two attached hydrogens (primary N) is 1. The highest BCUT2D eigenvalue weighted by Gasteiger charge is 2.20. The van der Waals surface area contributed by atoms with Crippen molar-refractivity contribution >= 4 is 34.4 Å². The summed E-state index contributed by atoms with van der Waals surface area (Å²) >= 11 is 6.01. The van der Waals surface area contributed by atoms with Crippen LogP contribution in [0.15, 0.2) is 61.4 Å². The smallest absolute Gasteiger partial charge is 0.246 e. The maximum absolute atomic E-state index is 12.5. The van der Waals surface area contributed by atoms with Gasteiger partial charge in [-0.25, -0.2) is 14.6 Å². The van der Waals surface area contributed by atoms with E-state index in [9.17, 15) is 15.2 Å². The molecule has 2 aromatic carbocycles. The molecular formula is C24H20ClN7O2. The van der Waals surface area contributed by atoms with Crippen LogP contribution in [0.1, 0.15) is 11.1 Å². The van der Waals surface area contributed by atoms with E-state index in [1.807, 2.05) is 36.4 Å². The molecule has 0 bridgehead atoms. The van der Waals surface area contributed by atoms with Crippen molar-refractivity contribution in [2.24, 2.45) is 0 Å². The van der Waals surface area contributed by atoms with Crippen LogP contribution in [0.25, 0.3) is 22.3 Å². The molecule has 4 aromatic rings. The number of nitrogen functional groups attached to an aromatic ring is 1. The molecule has 10 heteroatoms. The maximum atomic E-state index is 12.5. The van der Waals surface area contributed by atoms with Crippen LogP contribution in [-0.4, -0.2) is 42.2 Å². The first-order chi connectivity index (χ1) is 16.4. The number of rotatable bonds is 7. The van der Waals surface area contributed by atoms with Gasteiger partial charge in [0.1, 0.15) is 34.7 Å². The minimum absolute atomic E-state index is 0.0429. The lowest BCUT2D eigenvalue weighted by atomic mass is 10.1. The first-order valence-electron chi connectivity index (χ1n) is 10.3. The predicted octanol–water partition coefficient (Wildman–Crippen LogP) is 3.52. The number of benzene rings is 2. The Morgan fingerprint density at radius 3 is 2.76 bits per heavy atom. The lowest BCUT2D eigenvalue weighted by molar-refractivity contribution is -0.126. The van der Waals surface area contributed by atoms with Gasteiger partial charge in [-0.1, -0.05) is 48.5 Å². The van der Waals surface area contributed by atoms with Crippen molar-refractivity contribution in [2.75, 3.05) is 12.3 Å². The van der Waals surface area contributed by atoms with E-state index in [2.05, 4.69) is 21.6 Å². The van der Waals surface area contributed by atoms with Gasteiger partial charge in [-0.2, -0.15) is 10.4 Å². The molecule has 2 heterocycles. The summed E-state index contributed by atoms with van der Waals surface area (Å²) in [5.41, 5.74) is 8.50. The number of hydrogen-bond donors (Lipinski definition) is 2. The Labute approximate surface area is 200 Å². The molecule has 0 atom stereocenters. The number of carbonyl (C=O) groups is 1. The van der Waals surface area contributed by atoms with Crippen molar-refractivity contribution in [1.82, 2.24) is 24.6 Å². The quantitative estimate of drug-likeness (QED) is 0.392. The van der Waals surface area contributed by atoms with E-state index in [4.69, 9.17) is 17.3 Å². The van der Waals surface area contributed by atoms with Crippen LogP contribution in [0.2, 0.25) is 5.02 Å². The number of fused-ring (bicyclic) bond motifs is 1. The first kappa shape index (κ1) is 22.8. The van der Waals surface area contributed by atoms with Crippen LogP contribution >= 0.6 is 11.6 Å². The Kier molecular flexibility index (Phi) is 6.43. The molecule has 3 N–H and O–H groups in total. The summed E-state index contributed by atoms with van der Waals surface area (Å²) < 4.78 is 1.62. The summed E-state index contributed by atoms with van der Waals surface area (Å²) in [6.07, 6.45) is 2.60. The first-order valence-corrected chi connectivity index (χ1v) is 10.7. The second-order valence-corrected chi connectivity index (χ2v) is 7.83. The van der Waals surface area contributed by atoms with E-state index in [1.54, 1.807) is 9.58 Å². The standard InChI is InChI=1S/C24H20ClN7O2/c1-2-19(34)31(13-15-6-4-3-5-7-15)8-9-32-24-20(23(27)28-14-29-24)22(30-32)16-10-17(12-26)21(25)18(33)11-16/h2-7,10-11,14,33H,1,8-9,13H2,(H2,27,28,29). The molecule has 0 spiro atoms. The molecular weight excluding hydrogens is 454 g/mol. The van der Waals surface area contributed by atoms with Crippen molar-refractivity contribution in [2.45, 2.75) is 13.1 Å². The average Bonchev–Trinajstić information content (AvgIpc) is 3.23. The summed E-state index contributed by atoms with van der Waals surface area (Å²) in [4.78, 5) is 22.5. The molecule has 9 nitrogen and oxygen atoms in total. The van der Waals surface area contributed by atoms with Crippen LogP contribution in [0.4, 0.5) is 5.82 Å². The number of nitrogens with zero attached hydrogens (tertiary/aromatic N) is 6. The molecule has 0 saturated carbocycles. The topological polar surface area (TPSA) is 134 Å². The summed E-state index contributed by atoms with van der Waals surface area (Å²) in [6, 6.07) is 14.5. The van der Waals surface area contributed by atoms with E-state index in [-0.39, 0.29) is 28.1 Å².